The molecule has 0 radical (unpaired) electrons. The van der Waals surface area contributed by atoms with Gasteiger partial charge in [0.2, 0.25) is 5.91 Å². The number of nitrogens with zero attached hydrogens (tertiary/aromatic N) is 2. The van der Waals surface area contributed by atoms with Crippen LogP contribution in [0.1, 0.15) is 24.7 Å². The lowest BCUT2D eigenvalue weighted by molar-refractivity contribution is -0.123. The van der Waals surface area contributed by atoms with Gasteiger partial charge in [-0.1, -0.05) is 0 Å². The van der Waals surface area contributed by atoms with Crippen LogP contribution in [0, 0.1) is 0 Å². The third kappa shape index (κ3) is 1.50. The molecule has 76 valence electrons. The van der Waals surface area contributed by atoms with Crippen LogP contribution in [0.25, 0.3) is 0 Å². The fraction of sp³-hybridized carbons (Fsp3) is 0.556. The van der Waals surface area contributed by atoms with Gasteiger partial charge in [-0.2, -0.15) is 0 Å². The zero-order valence-corrected chi connectivity index (χ0v) is 8.10. The van der Waals surface area contributed by atoms with Crippen LogP contribution in [0.2, 0.25) is 0 Å². The Hall–Kier alpha value is -1.36. The number of aryl methyl sites for hydroxylation is 1. The van der Waals surface area contributed by atoms with E-state index in [-0.39, 0.29) is 18.0 Å². The lowest BCUT2D eigenvalue weighted by Crippen LogP contribution is -2.46. The SMILES string of the molecule is Cn1ccnc1C1NC(=O)CCC1N. The molecule has 1 amide bonds. The van der Waals surface area contributed by atoms with E-state index in [9.17, 15) is 4.79 Å². The molecule has 0 aliphatic carbocycles. The molecular formula is C9H14N4O. The van der Waals surface area contributed by atoms with Gasteiger partial charge in [0.05, 0.1) is 0 Å². The third-order valence-corrected chi connectivity index (χ3v) is 2.59. The van der Waals surface area contributed by atoms with E-state index < -0.39 is 0 Å². The molecule has 1 saturated heterocycles. The molecule has 2 rings (SSSR count). The number of hydrogen-bond acceptors (Lipinski definition) is 3. The van der Waals surface area contributed by atoms with Crippen LogP contribution < -0.4 is 11.1 Å². The maximum atomic E-state index is 11.2. The Bertz CT molecular complexity index is 346. The van der Waals surface area contributed by atoms with Gasteiger partial charge in [0.15, 0.2) is 0 Å². The molecule has 5 heteroatoms. The molecule has 5 nitrogen and oxygen atoms in total. The Morgan fingerprint density at radius 3 is 3.14 bits per heavy atom. The Morgan fingerprint density at radius 2 is 2.50 bits per heavy atom. The molecule has 0 bridgehead atoms. The topological polar surface area (TPSA) is 72.9 Å². The molecule has 14 heavy (non-hydrogen) atoms. The largest absolute Gasteiger partial charge is 0.345 e. The summed E-state index contributed by atoms with van der Waals surface area (Å²) >= 11 is 0. The van der Waals surface area contributed by atoms with Crippen molar-refractivity contribution in [1.29, 1.82) is 0 Å². The van der Waals surface area contributed by atoms with Crippen LogP contribution in [0.3, 0.4) is 0 Å². The first kappa shape index (κ1) is 9.21. The minimum Gasteiger partial charge on any atom is -0.345 e. The molecule has 1 aromatic heterocycles. The number of nitrogens with two attached hydrogens (primary N) is 1. The van der Waals surface area contributed by atoms with Crippen LogP contribution in [0.5, 0.6) is 0 Å². The number of piperidine rings is 1. The van der Waals surface area contributed by atoms with Crippen molar-refractivity contribution in [1.82, 2.24) is 14.9 Å². The number of carbonyl (C=O) groups is 1. The van der Waals surface area contributed by atoms with E-state index in [0.29, 0.717) is 6.42 Å². The Kier molecular flexibility index (Phi) is 2.25. The van der Waals surface area contributed by atoms with E-state index >= 15 is 0 Å². The Morgan fingerprint density at radius 1 is 1.71 bits per heavy atom. The highest BCUT2D eigenvalue weighted by molar-refractivity contribution is 5.77. The van der Waals surface area contributed by atoms with Crippen LogP contribution in [0.15, 0.2) is 12.4 Å². The first-order valence-electron chi connectivity index (χ1n) is 4.70. The summed E-state index contributed by atoms with van der Waals surface area (Å²) < 4.78 is 1.89. The fourth-order valence-electron chi connectivity index (χ4n) is 1.75. The number of imidazole rings is 1. The zero-order valence-electron chi connectivity index (χ0n) is 8.10. The van der Waals surface area contributed by atoms with Crippen LogP contribution >= 0.6 is 0 Å². The zero-order chi connectivity index (χ0) is 10.1. The summed E-state index contributed by atoms with van der Waals surface area (Å²) in [5, 5.41) is 2.86. The second-order valence-electron chi connectivity index (χ2n) is 3.64. The molecular weight excluding hydrogens is 180 g/mol. The Labute approximate surface area is 82.3 Å². The molecule has 1 aromatic rings. The Balaban J connectivity index is 2.24. The van der Waals surface area contributed by atoms with E-state index in [2.05, 4.69) is 10.3 Å². The average molecular weight is 194 g/mol. The summed E-state index contributed by atoms with van der Waals surface area (Å²) in [7, 11) is 1.90. The van der Waals surface area contributed by atoms with Crippen molar-refractivity contribution in [2.75, 3.05) is 0 Å². The maximum Gasteiger partial charge on any atom is 0.220 e. The molecule has 1 fully saturated rings. The van der Waals surface area contributed by atoms with Gasteiger partial charge in [-0.25, -0.2) is 4.98 Å². The van der Waals surface area contributed by atoms with Crippen molar-refractivity contribution in [2.24, 2.45) is 12.8 Å². The summed E-state index contributed by atoms with van der Waals surface area (Å²) in [5.41, 5.74) is 5.93. The lowest BCUT2D eigenvalue weighted by Gasteiger charge is -2.28. The van der Waals surface area contributed by atoms with Crippen molar-refractivity contribution in [3.05, 3.63) is 18.2 Å². The maximum absolute atomic E-state index is 11.2. The van der Waals surface area contributed by atoms with E-state index in [1.54, 1.807) is 6.20 Å². The van der Waals surface area contributed by atoms with Crippen LogP contribution in [-0.2, 0) is 11.8 Å². The van der Waals surface area contributed by atoms with Gasteiger partial charge in [-0.15, -0.1) is 0 Å². The minimum atomic E-state index is -0.142. The van der Waals surface area contributed by atoms with Crippen molar-refractivity contribution < 1.29 is 4.79 Å². The monoisotopic (exact) mass is 194 g/mol. The summed E-state index contributed by atoms with van der Waals surface area (Å²) in [4.78, 5) is 15.4. The molecule has 2 atom stereocenters. The van der Waals surface area contributed by atoms with E-state index in [1.165, 1.54) is 0 Å². The normalized spacial score (nSPS) is 27.4. The molecule has 3 N–H and O–H groups in total. The van der Waals surface area contributed by atoms with Gasteiger partial charge in [0.25, 0.3) is 0 Å². The summed E-state index contributed by atoms with van der Waals surface area (Å²) in [6, 6.07) is -0.176. The number of hydrogen-bond donors (Lipinski definition) is 2. The molecule has 1 aliphatic heterocycles. The molecule has 0 spiro atoms. The number of nitrogens with one attached hydrogen (secondary N) is 1. The standard InChI is InChI=1S/C9H14N4O/c1-13-5-4-11-9(13)8-6(10)2-3-7(14)12-8/h4-6,8H,2-3,10H2,1H3,(H,12,14). The number of amides is 1. The van der Waals surface area contributed by atoms with Gasteiger partial charge in [0, 0.05) is 31.9 Å². The van der Waals surface area contributed by atoms with Crippen LogP contribution in [0.4, 0.5) is 0 Å². The summed E-state index contributed by atoms with van der Waals surface area (Å²) in [6.45, 7) is 0. The predicted octanol–water partition coefficient (Wildman–Crippen LogP) is -0.302. The predicted molar refractivity (Wildman–Crippen MR) is 51.3 cm³/mol. The van der Waals surface area contributed by atoms with Crippen LogP contribution in [-0.4, -0.2) is 21.5 Å². The van der Waals surface area contributed by atoms with Gasteiger partial charge in [-0.3, -0.25) is 4.79 Å². The first-order valence-corrected chi connectivity index (χ1v) is 4.70. The lowest BCUT2D eigenvalue weighted by atomic mass is 9.98. The van der Waals surface area contributed by atoms with Crippen molar-refractivity contribution in [3.63, 3.8) is 0 Å². The average Bonchev–Trinajstić information content (AvgIpc) is 2.56. The van der Waals surface area contributed by atoms with Crippen molar-refractivity contribution in [2.45, 2.75) is 24.9 Å². The van der Waals surface area contributed by atoms with Crippen molar-refractivity contribution >= 4 is 5.91 Å². The second kappa shape index (κ2) is 3.42. The van der Waals surface area contributed by atoms with Crippen molar-refractivity contribution in [3.8, 4) is 0 Å². The molecule has 2 heterocycles. The summed E-state index contributed by atoms with van der Waals surface area (Å²) in [6.07, 6.45) is 4.80. The highest BCUT2D eigenvalue weighted by atomic mass is 16.1. The van der Waals surface area contributed by atoms with Gasteiger partial charge < -0.3 is 15.6 Å². The molecule has 0 aromatic carbocycles. The van der Waals surface area contributed by atoms with E-state index in [4.69, 9.17) is 5.73 Å². The quantitative estimate of drug-likeness (QED) is 0.644. The van der Waals surface area contributed by atoms with E-state index in [1.807, 2.05) is 17.8 Å². The number of aromatic nitrogens is 2. The highest BCUT2D eigenvalue weighted by Crippen LogP contribution is 2.20. The minimum absolute atomic E-state index is 0.0335. The van der Waals surface area contributed by atoms with Gasteiger partial charge >= 0.3 is 0 Å². The smallest absolute Gasteiger partial charge is 0.220 e. The number of carbonyl (C=O) groups excluding carboxylic acids is 1. The molecule has 2 unspecified atom stereocenters. The van der Waals surface area contributed by atoms with Gasteiger partial charge in [0.1, 0.15) is 11.9 Å². The fourth-order valence-corrected chi connectivity index (χ4v) is 1.75. The number of rotatable bonds is 1. The van der Waals surface area contributed by atoms with Gasteiger partial charge in [-0.05, 0) is 6.42 Å². The first-order chi connectivity index (χ1) is 6.68. The second-order valence-corrected chi connectivity index (χ2v) is 3.64. The molecule has 0 saturated carbocycles. The molecule has 1 aliphatic rings. The summed E-state index contributed by atoms with van der Waals surface area (Å²) in [5.74, 6) is 0.880. The highest BCUT2D eigenvalue weighted by Gasteiger charge is 2.29. The van der Waals surface area contributed by atoms with E-state index in [0.717, 1.165) is 12.2 Å². The third-order valence-electron chi connectivity index (χ3n) is 2.59.